The molecule has 1 aromatic heterocycles. The van der Waals surface area contributed by atoms with Gasteiger partial charge in [-0.25, -0.2) is 0 Å². The third kappa shape index (κ3) is 3.24. The Kier molecular flexibility index (Phi) is 4.07. The lowest BCUT2D eigenvalue weighted by molar-refractivity contribution is -0.137. The molecule has 1 N–H and O–H groups in total. The van der Waals surface area contributed by atoms with Crippen LogP contribution in [0.15, 0.2) is 42.5 Å². The topological polar surface area (TPSA) is 68.6 Å². The number of alkyl halides is 3. The van der Waals surface area contributed by atoms with Crippen molar-refractivity contribution in [1.82, 2.24) is 15.4 Å². The second-order valence-electron chi connectivity index (χ2n) is 6.35. The van der Waals surface area contributed by atoms with Crippen LogP contribution >= 0.6 is 0 Å². The van der Waals surface area contributed by atoms with Gasteiger partial charge in [0.25, 0.3) is 0 Å². The average Bonchev–Trinajstić information content (AvgIpc) is 3.28. The molecule has 0 saturated carbocycles. The predicted molar refractivity (Wildman–Crippen MR) is 92.7 cm³/mol. The summed E-state index contributed by atoms with van der Waals surface area (Å²) in [6.07, 6.45) is -3.54. The van der Waals surface area contributed by atoms with Gasteiger partial charge in [-0.05, 0) is 35.7 Å². The maximum atomic E-state index is 12.9. The number of aromatic nitrogens is 3. The minimum absolute atomic E-state index is 0.206. The molecule has 27 heavy (non-hydrogen) atoms. The highest BCUT2D eigenvalue weighted by molar-refractivity contribution is 5.72. The Morgan fingerprint density at radius 2 is 2.00 bits per heavy atom. The van der Waals surface area contributed by atoms with Gasteiger partial charge in [0.1, 0.15) is 11.8 Å². The molecule has 0 fully saturated rings. The van der Waals surface area contributed by atoms with Gasteiger partial charge in [0.15, 0.2) is 5.69 Å². The maximum absolute atomic E-state index is 12.9. The molecule has 0 atom stereocenters. The molecular weight excluding hydrogens is 355 g/mol. The smallest absolute Gasteiger partial charge is 0.367 e. The van der Waals surface area contributed by atoms with Crippen molar-refractivity contribution in [3.63, 3.8) is 0 Å². The monoisotopic (exact) mass is 369 g/mol. The first-order valence-corrected chi connectivity index (χ1v) is 8.31. The van der Waals surface area contributed by atoms with Gasteiger partial charge < -0.3 is 4.90 Å². The van der Waals surface area contributed by atoms with Crippen molar-refractivity contribution in [1.29, 1.82) is 5.26 Å². The summed E-state index contributed by atoms with van der Waals surface area (Å²) in [5, 5.41) is 19.4. The van der Waals surface area contributed by atoms with Gasteiger partial charge in [-0.2, -0.15) is 28.7 Å². The number of hydrogen-bond acceptors (Lipinski definition) is 4. The highest BCUT2D eigenvalue weighted by Crippen LogP contribution is 2.35. The molecule has 1 aliphatic rings. The lowest BCUT2D eigenvalue weighted by Crippen LogP contribution is -2.20. The van der Waals surface area contributed by atoms with Crippen LogP contribution in [0.3, 0.4) is 0 Å². The first kappa shape index (κ1) is 17.1. The zero-order valence-electron chi connectivity index (χ0n) is 14.1. The third-order valence-electron chi connectivity index (χ3n) is 4.63. The molecule has 136 valence electrons. The second-order valence-corrected chi connectivity index (χ2v) is 6.35. The first-order chi connectivity index (χ1) is 13.0. The van der Waals surface area contributed by atoms with E-state index in [-0.39, 0.29) is 5.69 Å². The van der Waals surface area contributed by atoms with Crippen molar-refractivity contribution in [3.05, 3.63) is 64.8 Å². The Morgan fingerprint density at radius 3 is 2.78 bits per heavy atom. The molecule has 0 saturated heterocycles. The predicted octanol–water partition coefficient (Wildman–Crippen LogP) is 3.92. The Hall–Kier alpha value is -3.34. The van der Waals surface area contributed by atoms with E-state index in [4.69, 9.17) is 5.26 Å². The van der Waals surface area contributed by atoms with Gasteiger partial charge in [0, 0.05) is 24.3 Å². The normalized spacial score (nSPS) is 13.5. The maximum Gasteiger partial charge on any atom is 0.416 e. The number of hydrogen-bond donors (Lipinski definition) is 1. The number of benzene rings is 2. The Morgan fingerprint density at radius 1 is 1.15 bits per heavy atom. The number of rotatable bonds is 3. The fourth-order valence-corrected chi connectivity index (χ4v) is 3.33. The Bertz CT molecular complexity index is 1030. The van der Waals surface area contributed by atoms with E-state index >= 15 is 0 Å². The number of nitrogens with zero attached hydrogens (tertiary/aromatic N) is 4. The Balaban J connectivity index is 1.64. The molecule has 0 amide bonds. The summed E-state index contributed by atoms with van der Waals surface area (Å²) < 4.78 is 38.8. The molecule has 0 bridgehead atoms. The molecule has 0 radical (unpaired) electrons. The van der Waals surface area contributed by atoms with Gasteiger partial charge in [-0.1, -0.05) is 24.3 Å². The molecule has 4 rings (SSSR count). The zero-order chi connectivity index (χ0) is 19.0. The Labute approximate surface area is 153 Å². The SMILES string of the molecule is N#Cc1n[nH]nc1-c1ccc2c(c1)N(Cc1cccc(C(F)(F)F)c1)CC2. The molecule has 0 spiro atoms. The van der Waals surface area contributed by atoms with E-state index in [1.807, 2.05) is 29.2 Å². The first-order valence-electron chi connectivity index (χ1n) is 8.31. The summed E-state index contributed by atoms with van der Waals surface area (Å²) in [6.45, 7) is 1.10. The minimum atomic E-state index is -4.35. The van der Waals surface area contributed by atoms with E-state index in [1.165, 1.54) is 12.1 Å². The summed E-state index contributed by atoms with van der Waals surface area (Å²) in [6, 6.07) is 13.1. The van der Waals surface area contributed by atoms with Crippen molar-refractivity contribution in [3.8, 4) is 17.3 Å². The lowest BCUT2D eigenvalue weighted by atomic mass is 10.1. The summed E-state index contributed by atoms with van der Waals surface area (Å²) in [7, 11) is 0. The van der Waals surface area contributed by atoms with Crippen molar-refractivity contribution >= 4 is 5.69 Å². The van der Waals surface area contributed by atoms with E-state index in [0.29, 0.717) is 17.8 Å². The van der Waals surface area contributed by atoms with Gasteiger partial charge in [0.05, 0.1) is 5.56 Å². The molecule has 5 nitrogen and oxygen atoms in total. The second kappa shape index (κ2) is 6.43. The lowest BCUT2D eigenvalue weighted by Gasteiger charge is -2.20. The molecule has 2 heterocycles. The quantitative estimate of drug-likeness (QED) is 0.760. The third-order valence-corrected chi connectivity index (χ3v) is 4.63. The molecule has 0 unspecified atom stereocenters. The van der Waals surface area contributed by atoms with E-state index < -0.39 is 11.7 Å². The molecule has 1 aliphatic heterocycles. The number of nitriles is 1. The largest absolute Gasteiger partial charge is 0.416 e. The van der Waals surface area contributed by atoms with Gasteiger partial charge in [-0.15, -0.1) is 5.10 Å². The van der Waals surface area contributed by atoms with Gasteiger partial charge in [0.2, 0.25) is 0 Å². The van der Waals surface area contributed by atoms with Crippen molar-refractivity contribution in [2.75, 3.05) is 11.4 Å². The van der Waals surface area contributed by atoms with Crippen LogP contribution in [0.5, 0.6) is 0 Å². The molecule has 2 aromatic carbocycles. The van der Waals surface area contributed by atoms with Crippen LogP contribution in [0.1, 0.15) is 22.4 Å². The average molecular weight is 369 g/mol. The van der Waals surface area contributed by atoms with Crippen molar-refractivity contribution in [2.24, 2.45) is 0 Å². The number of H-pyrrole nitrogens is 1. The fraction of sp³-hybridized carbons (Fsp3) is 0.211. The van der Waals surface area contributed by atoms with E-state index in [1.54, 1.807) is 6.07 Å². The van der Waals surface area contributed by atoms with Crippen LogP contribution in [-0.4, -0.2) is 22.0 Å². The fourth-order valence-electron chi connectivity index (χ4n) is 3.33. The number of nitrogens with one attached hydrogen (secondary N) is 1. The number of fused-ring (bicyclic) bond motifs is 1. The minimum Gasteiger partial charge on any atom is -0.367 e. The van der Waals surface area contributed by atoms with Crippen LogP contribution in [0.4, 0.5) is 18.9 Å². The van der Waals surface area contributed by atoms with Crippen LogP contribution < -0.4 is 4.90 Å². The number of anilines is 1. The molecule has 0 aliphatic carbocycles. The highest BCUT2D eigenvalue weighted by atomic mass is 19.4. The summed E-state index contributed by atoms with van der Waals surface area (Å²) in [5.74, 6) is 0. The summed E-state index contributed by atoms with van der Waals surface area (Å²) in [5.41, 5.74) is 3.43. The van der Waals surface area contributed by atoms with E-state index in [9.17, 15) is 13.2 Å². The zero-order valence-corrected chi connectivity index (χ0v) is 14.1. The summed E-state index contributed by atoms with van der Waals surface area (Å²) >= 11 is 0. The molecule has 3 aromatic rings. The van der Waals surface area contributed by atoms with E-state index in [2.05, 4.69) is 15.4 Å². The molecule has 8 heteroatoms. The van der Waals surface area contributed by atoms with Crippen LogP contribution in [0.2, 0.25) is 0 Å². The highest BCUT2D eigenvalue weighted by Gasteiger charge is 2.30. The number of aromatic amines is 1. The molecular formula is C19H14F3N5. The summed E-state index contributed by atoms with van der Waals surface area (Å²) in [4.78, 5) is 2.04. The number of halogens is 3. The van der Waals surface area contributed by atoms with Crippen LogP contribution in [0.25, 0.3) is 11.3 Å². The van der Waals surface area contributed by atoms with Crippen LogP contribution in [0, 0.1) is 11.3 Å². The van der Waals surface area contributed by atoms with Gasteiger partial charge in [-0.3, -0.25) is 0 Å². The van der Waals surface area contributed by atoms with Gasteiger partial charge >= 0.3 is 6.18 Å². The van der Waals surface area contributed by atoms with Crippen molar-refractivity contribution in [2.45, 2.75) is 19.1 Å². The van der Waals surface area contributed by atoms with E-state index in [0.717, 1.165) is 35.8 Å². The van der Waals surface area contributed by atoms with Crippen LogP contribution in [-0.2, 0) is 19.1 Å². The standard InChI is InChI=1S/C19H14F3N5/c20-19(21,22)15-3-1-2-12(8-15)11-27-7-6-13-4-5-14(9-17(13)27)18-16(10-23)24-26-25-18/h1-5,8-9H,6-7,11H2,(H,24,25,26). The van der Waals surface area contributed by atoms with Crippen molar-refractivity contribution < 1.29 is 13.2 Å².